The Hall–Kier alpha value is -1.80. The largest absolute Gasteiger partial charge is 0.578 e. The third-order valence-electron chi connectivity index (χ3n) is 7.83. The first-order valence-corrected chi connectivity index (χ1v) is 15.6. The van der Waals surface area contributed by atoms with Crippen molar-refractivity contribution in [3.05, 3.63) is 17.8 Å². The standard InChI is InChI=1S/C27H46N8O3S/c1-3-6-23-21-29-27(31-26(23)35(22-36)25-7-4-5-8-25)30-24-9-12-33(13-10-24)39(37)34-16-14-32(15-17-34)18-20-38-19-11-28-2/h3,6,21-22,24-25,28H,4-5,7-20H2,1-2H3,(H,29,30,31)/b6-3-. The highest BCUT2D eigenvalue weighted by atomic mass is 32.2. The Kier molecular flexibility index (Phi) is 12.3. The molecule has 1 atom stereocenters. The predicted octanol–water partition coefficient (Wildman–Crippen LogP) is 1.72. The maximum atomic E-state index is 13.3. The summed E-state index contributed by atoms with van der Waals surface area (Å²) in [6.07, 6.45) is 12.7. The van der Waals surface area contributed by atoms with E-state index in [0.717, 1.165) is 116 Å². The molecule has 39 heavy (non-hydrogen) atoms. The monoisotopic (exact) mass is 562 g/mol. The van der Waals surface area contributed by atoms with Gasteiger partial charge in [-0.25, -0.2) is 4.98 Å². The van der Waals surface area contributed by atoms with Crippen LogP contribution in [0.15, 0.2) is 12.3 Å². The topological polar surface area (TPSA) is 112 Å². The first-order chi connectivity index (χ1) is 19.1. The molecule has 0 spiro atoms. The number of rotatable bonds is 14. The molecule has 4 rings (SSSR count). The van der Waals surface area contributed by atoms with Gasteiger partial charge >= 0.3 is 0 Å². The summed E-state index contributed by atoms with van der Waals surface area (Å²) in [5.41, 5.74) is 0.855. The van der Waals surface area contributed by atoms with Gasteiger partial charge in [0.1, 0.15) is 17.4 Å². The average Bonchev–Trinajstić information content (AvgIpc) is 3.50. The Balaban J connectivity index is 1.24. The lowest BCUT2D eigenvalue weighted by molar-refractivity contribution is -0.107. The number of carbonyl (C=O) groups excluding carboxylic acids is 1. The summed E-state index contributed by atoms with van der Waals surface area (Å²) in [7, 11) is 1.93. The summed E-state index contributed by atoms with van der Waals surface area (Å²) in [4.78, 5) is 25.6. The van der Waals surface area contributed by atoms with E-state index >= 15 is 0 Å². The second-order valence-electron chi connectivity index (χ2n) is 10.5. The smallest absolute Gasteiger partial charge is 0.224 e. The van der Waals surface area contributed by atoms with Crippen molar-refractivity contribution < 1.29 is 14.1 Å². The molecule has 1 aromatic heterocycles. The number of piperazine rings is 1. The van der Waals surface area contributed by atoms with Gasteiger partial charge in [0.05, 0.1) is 26.3 Å². The number of aromatic nitrogens is 2. The van der Waals surface area contributed by atoms with Crippen LogP contribution in [-0.2, 0) is 21.1 Å². The Morgan fingerprint density at radius 3 is 2.49 bits per heavy atom. The number of nitrogens with one attached hydrogen (secondary N) is 2. The van der Waals surface area contributed by atoms with Crippen LogP contribution in [0.2, 0.25) is 0 Å². The first-order valence-electron chi connectivity index (χ1n) is 14.5. The molecule has 0 aromatic carbocycles. The lowest BCUT2D eigenvalue weighted by Crippen LogP contribution is -2.55. The highest BCUT2D eigenvalue weighted by Crippen LogP contribution is 2.30. The van der Waals surface area contributed by atoms with Crippen LogP contribution in [0, 0.1) is 0 Å². The zero-order valence-corrected chi connectivity index (χ0v) is 24.4. The van der Waals surface area contributed by atoms with Crippen molar-refractivity contribution in [2.45, 2.75) is 57.5 Å². The number of piperidine rings is 1. The van der Waals surface area contributed by atoms with Gasteiger partial charge in [-0.2, -0.15) is 4.98 Å². The average molecular weight is 563 g/mol. The number of allylic oxidation sites excluding steroid dienone is 1. The summed E-state index contributed by atoms with van der Waals surface area (Å²) < 4.78 is 23.1. The van der Waals surface area contributed by atoms with E-state index in [1.165, 1.54) is 0 Å². The van der Waals surface area contributed by atoms with Crippen LogP contribution in [0.5, 0.6) is 0 Å². The number of anilines is 2. The van der Waals surface area contributed by atoms with E-state index in [4.69, 9.17) is 9.72 Å². The van der Waals surface area contributed by atoms with E-state index in [-0.39, 0.29) is 12.1 Å². The fourth-order valence-electron chi connectivity index (χ4n) is 5.53. The highest BCUT2D eigenvalue weighted by Gasteiger charge is 2.34. The van der Waals surface area contributed by atoms with Crippen molar-refractivity contribution >= 4 is 35.8 Å². The molecule has 2 N–H and O–H groups in total. The number of hydrogen-bond donors (Lipinski definition) is 2. The molecule has 11 nitrogen and oxygen atoms in total. The van der Waals surface area contributed by atoms with E-state index in [9.17, 15) is 9.35 Å². The molecule has 1 unspecified atom stereocenters. The third kappa shape index (κ3) is 8.59. The number of ether oxygens (including phenoxy) is 1. The molecule has 3 fully saturated rings. The fraction of sp³-hybridized carbons (Fsp3) is 0.741. The summed E-state index contributed by atoms with van der Waals surface area (Å²) in [5, 5.41) is 6.57. The van der Waals surface area contributed by atoms with Gasteiger partial charge in [-0.1, -0.05) is 25.0 Å². The quantitative estimate of drug-likeness (QED) is 0.197. The van der Waals surface area contributed by atoms with E-state index in [1.807, 2.05) is 26.1 Å². The zero-order chi connectivity index (χ0) is 27.5. The maximum Gasteiger partial charge on any atom is 0.224 e. The van der Waals surface area contributed by atoms with Gasteiger partial charge in [0, 0.05) is 63.1 Å². The predicted molar refractivity (Wildman–Crippen MR) is 157 cm³/mol. The number of hydrogen-bond acceptors (Lipinski definition) is 10. The van der Waals surface area contributed by atoms with E-state index < -0.39 is 11.5 Å². The first kappa shape index (κ1) is 30.2. The molecule has 12 heteroatoms. The minimum Gasteiger partial charge on any atom is -0.578 e. The normalized spacial score (nSPS) is 21.5. The summed E-state index contributed by atoms with van der Waals surface area (Å²) in [5.74, 6) is 1.23. The molecule has 2 aliphatic heterocycles. The van der Waals surface area contributed by atoms with Crippen LogP contribution in [0.3, 0.4) is 0 Å². The molecule has 218 valence electrons. The molecule has 1 amide bonds. The lowest BCUT2D eigenvalue weighted by Gasteiger charge is -2.39. The third-order valence-corrected chi connectivity index (χ3v) is 9.44. The number of likely N-dealkylation sites (N-methyl/N-ethyl adjacent to an activating group) is 1. The number of carbonyl (C=O) groups is 1. The molecule has 3 heterocycles. The van der Waals surface area contributed by atoms with Crippen LogP contribution >= 0.6 is 0 Å². The van der Waals surface area contributed by atoms with Crippen LogP contribution in [-0.4, -0.2) is 119 Å². The molecule has 1 saturated carbocycles. The summed E-state index contributed by atoms with van der Waals surface area (Å²) in [6.45, 7) is 10.2. The molecule has 1 aliphatic carbocycles. The van der Waals surface area contributed by atoms with Crippen molar-refractivity contribution in [1.82, 2.24) is 28.8 Å². The summed E-state index contributed by atoms with van der Waals surface area (Å²) >= 11 is -1.11. The van der Waals surface area contributed by atoms with Crippen LogP contribution < -0.4 is 15.5 Å². The van der Waals surface area contributed by atoms with E-state index in [1.54, 1.807) is 11.1 Å². The Labute approximate surface area is 236 Å². The van der Waals surface area contributed by atoms with Crippen LogP contribution in [0.25, 0.3) is 6.08 Å². The van der Waals surface area contributed by atoms with Crippen molar-refractivity contribution in [2.24, 2.45) is 0 Å². The molecule has 2 saturated heterocycles. The zero-order valence-electron chi connectivity index (χ0n) is 23.6. The van der Waals surface area contributed by atoms with Crippen molar-refractivity contribution in [3.63, 3.8) is 0 Å². The highest BCUT2D eigenvalue weighted by molar-refractivity contribution is 7.86. The maximum absolute atomic E-state index is 13.3. The second kappa shape index (κ2) is 15.8. The molecule has 0 radical (unpaired) electrons. The Bertz CT molecular complexity index is 903. The summed E-state index contributed by atoms with van der Waals surface area (Å²) in [6, 6.07) is 0.403. The SMILES string of the molecule is C/C=C\c1cnc(NC2CCN([S+]([O-])N3CCN(CCOCCNC)CC3)CC2)nc1N(C=O)C1CCCC1. The fourth-order valence-corrected chi connectivity index (χ4v) is 6.85. The van der Waals surface area contributed by atoms with Gasteiger partial charge in [-0.3, -0.25) is 14.6 Å². The van der Waals surface area contributed by atoms with Gasteiger partial charge in [-0.15, -0.1) is 8.61 Å². The van der Waals surface area contributed by atoms with E-state index in [2.05, 4.69) is 29.1 Å². The number of nitrogens with zero attached hydrogens (tertiary/aromatic N) is 6. The lowest BCUT2D eigenvalue weighted by atomic mass is 10.1. The van der Waals surface area contributed by atoms with Gasteiger partial charge < -0.3 is 19.9 Å². The van der Waals surface area contributed by atoms with Crippen molar-refractivity contribution in [1.29, 1.82) is 0 Å². The number of amides is 1. The van der Waals surface area contributed by atoms with Gasteiger partial charge in [0.2, 0.25) is 12.4 Å². The van der Waals surface area contributed by atoms with Crippen molar-refractivity contribution in [3.8, 4) is 0 Å². The molecule has 3 aliphatic rings. The molecular formula is C27H46N8O3S. The van der Waals surface area contributed by atoms with Crippen LogP contribution in [0.1, 0.15) is 51.0 Å². The van der Waals surface area contributed by atoms with Gasteiger partial charge in [-0.05, 0) is 39.7 Å². The molecule has 1 aromatic rings. The Morgan fingerprint density at radius 2 is 1.82 bits per heavy atom. The van der Waals surface area contributed by atoms with Gasteiger partial charge in [0.25, 0.3) is 0 Å². The Morgan fingerprint density at radius 1 is 1.10 bits per heavy atom. The van der Waals surface area contributed by atoms with Crippen molar-refractivity contribution in [2.75, 3.05) is 82.8 Å². The minimum absolute atomic E-state index is 0.200. The van der Waals surface area contributed by atoms with Gasteiger partial charge in [0.15, 0.2) is 0 Å². The van der Waals surface area contributed by atoms with E-state index in [0.29, 0.717) is 11.8 Å². The molecule has 0 bridgehead atoms. The molecular weight excluding hydrogens is 516 g/mol. The second-order valence-corrected chi connectivity index (χ2v) is 12.0. The van der Waals surface area contributed by atoms with Crippen LogP contribution in [0.4, 0.5) is 11.8 Å². The minimum atomic E-state index is -1.11.